The summed E-state index contributed by atoms with van der Waals surface area (Å²) in [6, 6.07) is 0.245. The van der Waals surface area contributed by atoms with E-state index in [1.165, 1.54) is 7.11 Å². The number of unbranched alkanes of at least 4 members (excludes halogenated alkanes) is 1. The number of esters is 1. The molecule has 0 saturated heterocycles. The fourth-order valence-corrected chi connectivity index (χ4v) is 2.05. The smallest absolute Gasteiger partial charge is 0.325 e. The summed E-state index contributed by atoms with van der Waals surface area (Å²) in [7, 11) is 1.44. The van der Waals surface area contributed by atoms with Crippen LogP contribution in [0.25, 0.3) is 0 Å². The molecule has 0 bridgehead atoms. The Labute approximate surface area is 118 Å². The molecule has 0 spiro atoms. The third-order valence-electron chi connectivity index (χ3n) is 2.85. The van der Waals surface area contributed by atoms with Crippen LogP contribution >= 0.6 is 0 Å². The van der Waals surface area contributed by atoms with Gasteiger partial charge in [-0.3, -0.25) is 10.1 Å². The molecule has 0 saturated carbocycles. The Morgan fingerprint density at radius 1 is 1.16 bits per heavy atom. The molecule has 0 aliphatic heterocycles. The van der Waals surface area contributed by atoms with E-state index in [0.717, 1.165) is 25.9 Å². The van der Waals surface area contributed by atoms with Crippen LogP contribution in [0.4, 0.5) is 0 Å². The summed E-state index contributed by atoms with van der Waals surface area (Å²) in [5, 5.41) is 3.30. The molecule has 1 atom stereocenters. The third kappa shape index (κ3) is 8.22. The minimum Gasteiger partial charge on any atom is -0.468 e. The van der Waals surface area contributed by atoms with Gasteiger partial charge in [0.2, 0.25) is 0 Å². The highest BCUT2D eigenvalue weighted by atomic mass is 16.5. The van der Waals surface area contributed by atoms with Gasteiger partial charge in [0.05, 0.1) is 12.7 Å². The number of carbonyl (C=O) groups excluding carboxylic acids is 1. The van der Waals surface area contributed by atoms with Crippen molar-refractivity contribution in [2.24, 2.45) is 0 Å². The lowest BCUT2D eigenvalue weighted by Gasteiger charge is -2.30. The molecule has 4 nitrogen and oxygen atoms in total. The fourth-order valence-electron chi connectivity index (χ4n) is 2.05. The standard InChI is InChI=1S/C15H31NO3/c1-12(2)16-15(6,13(17)18-7)10-8-9-11-19-14(3,4)5/h12,16H,8-11H2,1-7H3. The summed E-state index contributed by atoms with van der Waals surface area (Å²) >= 11 is 0. The zero-order chi connectivity index (χ0) is 15.1. The lowest BCUT2D eigenvalue weighted by Crippen LogP contribution is -2.52. The molecular formula is C15H31NO3. The predicted molar refractivity (Wildman–Crippen MR) is 78.2 cm³/mol. The average molecular weight is 273 g/mol. The Bertz CT molecular complexity index is 271. The van der Waals surface area contributed by atoms with Crippen LogP contribution in [-0.2, 0) is 14.3 Å². The molecule has 114 valence electrons. The second-order valence-corrected chi connectivity index (χ2v) is 6.54. The molecule has 0 amide bonds. The molecule has 0 radical (unpaired) electrons. The molecule has 0 heterocycles. The highest BCUT2D eigenvalue weighted by Crippen LogP contribution is 2.17. The molecule has 0 aromatic carbocycles. The van der Waals surface area contributed by atoms with Gasteiger partial charge in [0.1, 0.15) is 5.54 Å². The van der Waals surface area contributed by atoms with Crippen molar-refractivity contribution in [3.05, 3.63) is 0 Å². The highest BCUT2D eigenvalue weighted by Gasteiger charge is 2.33. The van der Waals surface area contributed by atoms with Crippen molar-refractivity contribution in [1.82, 2.24) is 5.32 Å². The normalized spacial score (nSPS) is 15.4. The van der Waals surface area contributed by atoms with Crippen LogP contribution in [0.2, 0.25) is 0 Å². The molecular weight excluding hydrogens is 242 g/mol. The first-order valence-corrected chi connectivity index (χ1v) is 7.11. The summed E-state index contributed by atoms with van der Waals surface area (Å²) in [4.78, 5) is 11.9. The molecule has 0 aromatic rings. The van der Waals surface area contributed by atoms with Gasteiger partial charge >= 0.3 is 5.97 Å². The van der Waals surface area contributed by atoms with Gasteiger partial charge in [-0.25, -0.2) is 0 Å². The first kappa shape index (κ1) is 18.4. The molecule has 0 fully saturated rings. The van der Waals surface area contributed by atoms with Crippen molar-refractivity contribution in [3.63, 3.8) is 0 Å². The van der Waals surface area contributed by atoms with Gasteiger partial charge < -0.3 is 9.47 Å². The molecule has 0 aliphatic rings. The summed E-state index contributed by atoms with van der Waals surface area (Å²) < 4.78 is 10.6. The number of carbonyl (C=O) groups is 1. The minimum atomic E-state index is -0.606. The van der Waals surface area contributed by atoms with Crippen molar-refractivity contribution in [1.29, 1.82) is 0 Å². The number of nitrogens with one attached hydrogen (secondary N) is 1. The van der Waals surface area contributed by atoms with E-state index >= 15 is 0 Å². The van der Waals surface area contributed by atoms with E-state index < -0.39 is 5.54 Å². The van der Waals surface area contributed by atoms with Crippen LogP contribution < -0.4 is 5.32 Å². The zero-order valence-corrected chi connectivity index (χ0v) is 13.6. The highest BCUT2D eigenvalue weighted by molar-refractivity contribution is 5.80. The number of ether oxygens (including phenoxy) is 2. The largest absolute Gasteiger partial charge is 0.468 e. The zero-order valence-electron chi connectivity index (χ0n) is 13.6. The molecule has 4 heteroatoms. The first-order valence-electron chi connectivity index (χ1n) is 7.11. The average Bonchev–Trinajstić information content (AvgIpc) is 2.24. The van der Waals surface area contributed by atoms with E-state index in [-0.39, 0.29) is 17.6 Å². The van der Waals surface area contributed by atoms with Gasteiger partial charge in [-0.1, -0.05) is 0 Å². The molecule has 0 aromatic heterocycles. The summed E-state index contributed by atoms with van der Waals surface area (Å²) in [6.45, 7) is 12.8. The van der Waals surface area contributed by atoms with Crippen LogP contribution in [0, 0.1) is 0 Å². The van der Waals surface area contributed by atoms with Crippen molar-refractivity contribution in [2.45, 2.75) is 78.0 Å². The van der Waals surface area contributed by atoms with Crippen LogP contribution in [0.5, 0.6) is 0 Å². The maximum Gasteiger partial charge on any atom is 0.325 e. The van der Waals surface area contributed by atoms with E-state index in [2.05, 4.69) is 5.32 Å². The quantitative estimate of drug-likeness (QED) is 0.545. The predicted octanol–water partition coefficient (Wildman–Crippen LogP) is 2.90. The lowest BCUT2D eigenvalue weighted by atomic mass is 9.94. The summed E-state index contributed by atoms with van der Waals surface area (Å²) in [5.74, 6) is -0.196. The number of hydrogen-bond acceptors (Lipinski definition) is 4. The second-order valence-electron chi connectivity index (χ2n) is 6.54. The van der Waals surface area contributed by atoms with Crippen LogP contribution in [0.15, 0.2) is 0 Å². The molecule has 19 heavy (non-hydrogen) atoms. The Morgan fingerprint density at radius 3 is 2.16 bits per heavy atom. The summed E-state index contributed by atoms with van der Waals surface area (Å²) in [5.41, 5.74) is -0.702. The van der Waals surface area contributed by atoms with Gasteiger partial charge in [0.15, 0.2) is 0 Å². The van der Waals surface area contributed by atoms with Crippen LogP contribution in [-0.4, -0.2) is 36.9 Å². The topological polar surface area (TPSA) is 47.6 Å². The van der Waals surface area contributed by atoms with E-state index in [4.69, 9.17) is 9.47 Å². The minimum absolute atomic E-state index is 0.0954. The van der Waals surface area contributed by atoms with Gasteiger partial charge in [0, 0.05) is 12.6 Å². The van der Waals surface area contributed by atoms with Gasteiger partial charge in [-0.05, 0) is 60.8 Å². The maximum absolute atomic E-state index is 11.9. The SMILES string of the molecule is COC(=O)C(C)(CCCCOC(C)(C)C)NC(C)C. The van der Waals surface area contributed by atoms with Gasteiger partial charge in [-0.15, -0.1) is 0 Å². The number of methoxy groups -OCH3 is 1. The fraction of sp³-hybridized carbons (Fsp3) is 0.933. The lowest BCUT2D eigenvalue weighted by molar-refractivity contribution is -0.148. The van der Waals surface area contributed by atoms with Crippen molar-refractivity contribution >= 4 is 5.97 Å². The first-order chi connectivity index (χ1) is 8.60. The summed E-state index contributed by atoms with van der Waals surface area (Å²) in [6.07, 6.45) is 2.64. The van der Waals surface area contributed by atoms with Crippen molar-refractivity contribution < 1.29 is 14.3 Å². The van der Waals surface area contributed by atoms with E-state index in [9.17, 15) is 4.79 Å². The molecule has 1 N–H and O–H groups in total. The number of rotatable bonds is 8. The second kappa shape index (κ2) is 7.85. The van der Waals surface area contributed by atoms with Crippen molar-refractivity contribution in [2.75, 3.05) is 13.7 Å². The molecule has 0 rings (SSSR count). The van der Waals surface area contributed by atoms with E-state index in [0.29, 0.717) is 0 Å². The monoisotopic (exact) mass is 273 g/mol. The molecule has 0 aliphatic carbocycles. The van der Waals surface area contributed by atoms with E-state index in [1.807, 2.05) is 41.5 Å². The third-order valence-corrected chi connectivity index (χ3v) is 2.85. The number of hydrogen-bond donors (Lipinski definition) is 1. The van der Waals surface area contributed by atoms with Crippen LogP contribution in [0.3, 0.4) is 0 Å². The Hall–Kier alpha value is -0.610. The molecule has 1 unspecified atom stereocenters. The Balaban J connectivity index is 4.18. The van der Waals surface area contributed by atoms with Crippen molar-refractivity contribution in [3.8, 4) is 0 Å². The Kier molecular flexibility index (Phi) is 7.60. The van der Waals surface area contributed by atoms with Gasteiger partial charge in [0.25, 0.3) is 0 Å². The van der Waals surface area contributed by atoms with Crippen LogP contribution in [0.1, 0.15) is 60.8 Å². The van der Waals surface area contributed by atoms with E-state index in [1.54, 1.807) is 0 Å². The van der Waals surface area contributed by atoms with Gasteiger partial charge in [-0.2, -0.15) is 0 Å². The Morgan fingerprint density at radius 2 is 1.74 bits per heavy atom. The maximum atomic E-state index is 11.9.